The van der Waals surface area contributed by atoms with Gasteiger partial charge in [-0.1, -0.05) is 6.92 Å². The van der Waals surface area contributed by atoms with Crippen molar-refractivity contribution in [1.29, 1.82) is 0 Å². The molecule has 1 fully saturated rings. The van der Waals surface area contributed by atoms with Crippen LogP contribution in [0.3, 0.4) is 0 Å². The van der Waals surface area contributed by atoms with Crippen LogP contribution in [-0.4, -0.2) is 65.8 Å². The Kier molecular flexibility index (Phi) is 9.65. The van der Waals surface area contributed by atoms with E-state index >= 15 is 0 Å². The molecule has 0 unspecified atom stereocenters. The molecule has 0 radical (unpaired) electrons. The Morgan fingerprint density at radius 1 is 1.42 bits per heavy atom. The van der Waals surface area contributed by atoms with Gasteiger partial charge in [0.1, 0.15) is 0 Å². The molecule has 24 heavy (non-hydrogen) atoms. The van der Waals surface area contributed by atoms with Gasteiger partial charge in [0.2, 0.25) is 0 Å². The fourth-order valence-corrected chi connectivity index (χ4v) is 3.27. The average molecular weight is 448 g/mol. The van der Waals surface area contributed by atoms with Crippen molar-refractivity contribution in [2.75, 3.05) is 40.3 Å². The standard InChI is InChI=1S/C17H32N6.HI/c1-5-23-10-7-15(8-11-23)6-9-19-17(18-2)21(3)13-16-12-20-22(4)14-16;/h12,14-15H,5-11,13H2,1-4H3,(H,18,19);1H. The molecular weight excluding hydrogens is 415 g/mol. The topological polar surface area (TPSA) is 48.7 Å². The fourth-order valence-electron chi connectivity index (χ4n) is 3.27. The van der Waals surface area contributed by atoms with Crippen molar-refractivity contribution in [1.82, 2.24) is 24.9 Å². The highest BCUT2D eigenvalue weighted by Gasteiger charge is 2.18. The monoisotopic (exact) mass is 448 g/mol. The summed E-state index contributed by atoms with van der Waals surface area (Å²) in [6.45, 7) is 7.79. The normalized spacial score (nSPS) is 16.8. The van der Waals surface area contributed by atoms with E-state index < -0.39 is 0 Å². The zero-order valence-corrected chi connectivity index (χ0v) is 17.9. The molecule has 1 aromatic heterocycles. The number of guanidine groups is 1. The highest BCUT2D eigenvalue weighted by atomic mass is 127. The van der Waals surface area contributed by atoms with Gasteiger partial charge in [0.15, 0.2) is 5.96 Å². The number of nitrogens with zero attached hydrogens (tertiary/aromatic N) is 5. The molecule has 1 aromatic rings. The van der Waals surface area contributed by atoms with Gasteiger partial charge in [0, 0.05) is 46.0 Å². The first-order valence-corrected chi connectivity index (χ1v) is 8.74. The van der Waals surface area contributed by atoms with Crippen LogP contribution in [0.5, 0.6) is 0 Å². The highest BCUT2D eigenvalue weighted by molar-refractivity contribution is 14.0. The third kappa shape index (κ3) is 6.58. The van der Waals surface area contributed by atoms with Gasteiger partial charge >= 0.3 is 0 Å². The molecule has 2 heterocycles. The summed E-state index contributed by atoms with van der Waals surface area (Å²) in [5, 5.41) is 7.72. The number of aliphatic imine (C=N–C) groups is 1. The molecule has 7 heteroatoms. The number of hydrogen-bond donors (Lipinski definition) is 1. The molecule has 0 atom stereocenters. The molecule has 0 aliphatic carbocycles. The Morgan fingerprint density at radius 2 is 2.12 bits per heavy atom. The fraction of sp³-hybridized carbons (Fsp3) is 0.765. The Morgan fingerprint density at radius 3 is 2.67 bits per heavy atom. The molecule has 0 spiro atoms. The summed E-state index contributed by atoms with van der Waals surface area (Å²) in [5.74, 6) is 1.81. The predicted molar refractivity (Wildman–Crippen MR) is 111 cm³/mol. The summed E-state index contributed by atoms with van der Waals surface area (Å²) in [5.41, 5.74) is 1.20. The van der Waals surface area contributed by atoms with Gasteiger partial charge in [-0.2, -0.15) is 5.10 Å². The van der Waals surface area contributed by atoms with Crippen molar-refractivity contribution in [2.24, 2.45) is 18.0 Å². The molecule has 1 N–H and O–H groups in total. The minimum absolute atomic E-state index is 0. The summed E-state index contributed by atoms with van der Waals surface area (Å²) in [4.78, 5) is 9.09. The van der Waals surface area contributed by atoms with E-state index in [-0.39, 0.29) is 24.0 Å². The summed E-state index contributed by atoms with van der Waals surface area (Å²) >= 11 is 0. The second kappa shape index (κ2) is 10.9. The average Bonchev–Trinajstić information content (AvgIpc) is 2.97. The lowest BCUT2D eigenvalue weighted by Crippen LogP contribution is -2.40. The van der Waals surface area contributed by atoms with Crippen LogP contribution in [0.1, 0.15) is 31.7 Å². The molecule has 138 valence electrons. The highest BCUT2D eigenvalue weighted by Crippen LogP contribution is 2.19. The third-order valence-corrected chi connectivity index (χ3v) is 4.74. The van der Waals surface area contributed by atoms with Crippen molar-refractivity contribution in [3.63, 3.8) is 0 Å². The number of rotatable bonds is 6. The minimum atomic E-state index is 0. The number of piperidine rings is 1. The molecule has 0 aromatic carbocycles. The summed E-state index contributed by atoms with van der Waals surface area (Å²) in [6.07, 6.45) is 7.85. The summed E-state index contributed by atoms with van der Waals surface area (Å²) in [6, 6.07) is 0. The van der Waals surface area contributed by atoms with E-state index in [0.717, 1.165) is 25.0 Å². The molecule has 1 aliphatic heterocycles. The maximum atomic E-state index is 4.39. The first-order valence-electron chi connectivity index (χ1n) is 8.74. The van der Waals surface area contributed by atoms with Gasteiger partial charge in [-0.3, -0.25) is 9.67 Å². The largest absolute Gasteiger partial charge is 0.356 e. The van der Waals surface area contributed by atoms with Crippen LogP contribution in [-0.2, 0) is 13.6 Å². The third-order valence-electron chi connectivity index (χ3n) is 4.74. The zero-order valence-electron chi connectivity index (χ0n) is 15.5. The number of aromatic nitrogens is 2. The van der Waals surface area contributed by atoms with Gasteiger partial charge < -0.3 is 15.1 Å². The number of halogens is 1. The quantitative estimate of drug-likeness (QED) is 0.412. The molecule has 6 nitrogen and oxygen atoms in total. The summed E-state index contributed by atoms with van der Waals surface area (Å²) < 4.78 is 1.84. The van der Waals surface area contributed by atoms with Crippen LogP contribution in [0.15, 0.2) is 17.4 Å². The van der Waals surface area contributed by atoms with Crippen molar-refractivity contribution in [3.05, 3.63) is 18.0 Å². The number of hydrogen-bond acceptors (Lipinski definition) is 3. The van der Waals surface area contributed by atoms with E-state index in [9.17, 15) is 0 Å². The minimum Gasteiger partial charge on any atom is -0.356 e. The first kappa shape index (κ1) is 21.2. The van der Waals surface area contributed by atoms with Crippen molar-refractivity contribution < 1.29 is 0 Å². The predicted octanol–water partition coefficient (Wildman–Crippen LogP) is 2.17. The Labute approximate surface area is 163 Å². The SMILES string of the molecule is CCN1CCC(CCNC(=NC)N(C)Cc2cnn(C)c2)CC1.I. The van der Waals surface area contributed by atoms with E-state index in [0.29, 0.717) is 0 Å². The number of likely N-dealkylation sites (tertiary alicyclic amines) is 1. The number of aryl methyl sites for hydroxylation is 1. The van der Waals surface area contributed by atoms with Gasteiger partial charge in [-0.15, -0.1) is 24.0 Å². The van der Waals surface area contributed by atoms with Crippen molar-refractivity contribution in [2.45, 2.75) is 32.7 Å². The Bertz CT molecular complexity index is 493. The second-order valence-corrected chi connectivity index (χ2v) is 6.52. The van der Waals surface area contributed by atoms with Crippen molar-refractivity contribution in [3.8, 4) is 0 Å². The van der Waals surface area contributed by atoms with E-state index in [2.05, 4.69) is 39.2 Å². The van der Waals surface area contributed by atoms with Crippen LogP contribution < -0.4 is 5.32 Å². The zero-order chi connectivity index (χ0) is 16.7. The second-order valence-electron chi connectivity index (χ2n) is 6.52. The van der Waals surface area contributed by atoms with Crippen LogP contribution in [0.4, 0.5) is 0 Å². The Hall–Kier alpha value is -0.830. The molecule has 1 aliphatic rings. The molecular formula is C17H33IN6. The van der Waals surface area contributed by atoms with Gasteiger partial charge in [-0.25, -0.2) is 0 Å². The van der Waals surface area contributed by atoms with Crippen LogP contribution in [0.25, 0.3) is 0 Å². The van der Waals surface area contributed by atoms with E-state index in [1.54, 1.807) is 0 Å². The maximum Gasteiger partial charge on any atom is 0.193 e. The molecule has 0 saturated carbocycles. The lowest BCUT2D eigenvalue weighted by molar-refractivity contribution is 0.187. The lowest BCUT2D eigenvalue weighted by atomic mass is 9.93. The van der Waals surface area contributed by atoms with Gasteiger partial charge in [0.25, 0.3) is 0 Å². The van der Waals surface area contributed by atoms with E-state index in [1.807, 2.05) is 31.2 Å². The van der Waals surface area contributed by atoms with Crippen LogP contribution in [0.2, 0.25) is 0 Å². The number of nitrogens with one attached hydrogen (secondary N) is 1. The van der Waals surface area contributed by atoms with E-state index in [1.165, 1.54) is 44.5 Å². The van der Waals surface area contributed by atoms with Crippen LogP contribution in [0, 0.1) is 5.92 Å². The maximum absolute atomic E-state index is 4.39. The lowest BCUT2D eigenvalue weighted by Gasteiger charge is -2.31. The molecule has 2 rings (SSSR count). The smallest absolute Gasteiger partial charge is 0.193 e. The molecule has 1 saturated heterocycles. The molecule has 0 amide bonds. The van der Waals surface area contributed by atoms with Crippen molar-refractivity contribution >= 4 is 29.9 Å². The van der Waals surface area contributed by atoms with Crippen LogP contribution >= 0.6 is 24.0 Å². The summed E-state index contributed by atoms with van der Waals surface area (Å²) in [7, 11) is 5.87. The first-order chi connectivity index (χ1) is 11.1. The molecule has 0 bridgehead atoms. The van der Waals surface area contributed by atoms with E-state index in [4.69, 9.17) is 0 Å². The van der Waals surface area contributed by atoms with Gasteiger partial charge in [-0.05, 0) is 44.8 Å². The Balaban J connectivity index is 0.00000288. The van der Waals surface area contributed by atoms with Gasteiger partial charge in [0.05, 0.1) is 6.20 Å².